The summed E-state index contributed by atoms with van der Waals surface area (Å²) < 4.78 is 12.0. The van der Waals surface area contributed by atoms with Gasteiger partial charge in [0, 0.05) is 67.0 Å². The average molecular weight is 895 g/mol. The molecule has 0 saturated heterocycles. The van der Waals surface area contributed by atoms with Crippen molar-refractivity contribution in [2.75, 3.05) is 0 Å². The molecule has 0 saturated carbocycles. The highest BCUT2D eigenvalue weighted by Gasteiger charge is 2.23. The smallest absolute Gasteiger partial charge is 0.160 e. The Morgan fingerprint density at radius 3 is 1.81 bits per heavy atom. The zero-order valence-electron chi connectivity index (χ0n) is 38.0. The number of nitrogens with zero attached hydrogens (tertiary/aromatic N) is 4. The quantitative estimate of drug-likeness (QED) is 0.160. The van der Waals surface area contributed by atoms with Gasteiger partial charge >= 0.3 is 0 Å². The summed E-state index contributed by atoms with van der Waals surface area (Å²) in [4.78, 5) is 10.3. The summed E-state index contributed by atoms with van der Waals surface area (Å²) in [5.74, 6) is 0.669. The first-order chi connectivity index (χ1) is 34.7. The van der Waals surface area contributed by atoms with E-state index in [-0.39, 0.29) is 0 Å². The summed E-state index contributed by atoms with van der Waals surface area (Å²) >= 11 is 0. The number of rotatable bonds is 7. The molecule has 0 spiro atoms. The van der Waals surface area contributed by atoms with E-state index in [1.165, 1.54) is 55.2 Å². The minimum atomic E-state index is 0.669. The number of para-hydroxylation sites is 4. The molecule has 0 radical (unpaired) electrons. The maximum atomic E-state index is 7.14. The summed E-state index contributed by atoms with van der Waals surface area (Å²) in [6.07, 6.45) is 7.83. The molecule has 4 heterocycles. The van der Waals surface area contributed by atoms with E-state index in [1.807, 2.05) is 36.4 Å². The molecule has 0 bridgehead atoms. The maximum Gasteiger partial charge on any atom is 0.160 e. The summed E-state index contributed by atoms with van der Waals surface area (Å²) in [5, 5.41) is 5.70. The van der Waals surface area contributed by atoms with Crippen LogP contribution in [0.15, 0.2) is 241 Å². The van der Waals surface area contributed by atoms with Crippen LogP contribution in [0, 0.1) is 0 Å². The number of aromatic nitrogens is 4. The highest BCUT2D eigenvalue weighted by atomic mass is 16.3. The molecule has 0 fully saturated rings. The van der Waals surface area contributed by atoms with Crippen molar-refractivity contribution in [3.05, 3.63) is 253 Å². The van der Waals surface area contributed by atoms with E-state index < -0.39 is 0 Å². The van der Waals surface area contributed by atoms with E-state index in [2.05, 4.69) is 215 Å². The predicted octanol–water partition coefficient (Wildman–Crippen LogP) is 16.7. The van der Waals surface area contributed by atoms with Crippen LogP contribution in [0.2, 0.25) is 0 Å². The van der Waals surface area contributed by atoms with Gasteiger partial charge in [-0.15, -0.1) is 0 Å². The molecule has 0 unspecified atom stereocenters. The number of allylic oxidation sites excluding steroid dienone is 3. The van der Waals surface area contributed by atoms with Crippen molar-refractivity contribution < 1.29 is 4.42 Å². The number of fused-ring (bicyclic) bond motifs is 9. The molecule has 5 heteroatoms. The third kappa shape index (κ3) is 6.47. The van der Waals surface area contributed by atoms with Gasteiger partial charge in [-0.05, 0) is 82.9 Å². The Morgan fingerprint density at radius 1 is 0.400 bits per heavy atom. The topological polar surface area (TPSA) is 48.8 Å². The molecule has 4 aromatic heterocycles. The molecule has 5 nitrogen and oxygen atoms in total. The monoisotopic (exact) mass is 894 g/mol. The lowest BCUT2D eigenvalue weighted by atomic mass is 10.00. The molecule has 1 aliphatic rings. The lowest BCUT2D eigenvalue weighted by Crippen LogP contribution is -2.00. The standard InChI is InChI=1S/C65H42N4O/c1-4-18-42(19-5-1)45-24-14-26-48(38-45)68-58-32-12-10-27-49(58)54-39-46(25-15-34-60(54)68)47-36-37-61-55(40-47)50-28-11-13-33-59(50)69(61)62-35-17-30-52-51-29-16-31-53(63(51)70-64(52)62)57-41-56(43-20-6-2-7-21-43)66-65(67-57)44-22-8-3-9-23-44/h1-33,35-41H,34H2. The highest BCUT2D eigenvalue weighted by molar-refractivity contribution is 6.15. The van der Waals surface area contributed by atoms with Crippen LogP contribution in [0.3, 0.4) is 0 Å². The lowest BCUT2D eigenvalue weighted by Gasteiger charge is -2.12. The molecule has 0 amide bonds. The fourth-order valence-electron chi connectivity index (χ4n) is 10.8. The van der Waals surface area contributed by atoms with Gasteiger partial charge in [0.05, 0.1) is 33.6 Å². The first-order valence-electron chi connectivity index (χ1n) is 23.9. The van der Waals surface area contributed by atoms with Crippen LogP contribution in [-0.2, 0) is 6.42 Å². The van der Waals surface area contributed by atoms with Gasteiger partial charge in [-0.2, -0.15) is 0 Å². The molecule has 0 aliphatic heterocycles. The van der Waals surface area contributed by atoms with Gasteiger partial charge in [0.1, 0.15) is 5.58 Å². The molecule has 328 valence electrons. The molecule has 70 heavy (non-hydrogen) atoms. The Hall–Kier alpha value is -9.32. The first-order valence-corrected chi connectivity index (χ1v) is 23.9. The molecule has 9 aromatic carbocycles. The largest absolute Gasteiger partial charge is 0.453 e. The van der Waals surface area contributed by atoms with Gasteiger partial charge in [-0.3, -0.25) is 0 Å². The summed E-state index contributed by atoms with van der Waals surface area (Å²) in [5.41, 5.74) is 19.1. The number of benzene rings is 9. The van der Waals surface area contributed by atoms with Crippen molar-refractivity contribution in [3.8, 4) is 56.4 Å². The highest BCUT2D eigenvalue weighted by Crippen LogP contribution is 2.43. The fourth-order valence-corrected chi connectivity index (χ4v) is 10.8. The molecule has 14 rings (SSSR count). The van der Waals surface area contributed by atoms with Crippen LogP contribution in [0.25, 0.3) is 123 Å². The van der Waals surface area contributed by atoms with Crippen LogP contribution in [0.5, 0.6) is 0 Å². The van der Waals surface area contributed by atoms with E-state index in [0.29, 0.717) is 5.82 Å². The van der Waals surface area contributed by atoms with Gasteiger partial charge in [-0.25, -0.2) is 9.97 Å². The summed E-state index contributed by atoms with van der Waals surface area (Å²) in [6.45, 7) is 0. The molecule has 0 atom stereocenters. The van der Waals surface area contributed by atoms with E-state index in [0.717, 1.165) is 78.8 Å². The van der Waals surface area contributed by atoms with Crippen molar-refractivity contribution in [2.45, 2.75) is 6.42 Å². The molecular formula is C65H42N4O. The number of hydrogen-bond donors (Lipinski definition) is 0. The van der Waals surface area contributed by atoms with Gasteiger partial charge in [0.2, 0.25) is 0 Å². The SMILES string of the molecule is C1=CC(c2ccc3c(c2)c2ccccc2n3-c2cccc3c2oc2c(-c4cc(-c5ccccc5)nc(-c5ccccc5)n4)cccc23)=Cc2c(n(-c3cccc(-c4ccccc4)c3)c3ccccc23)C1. The Bertz CT molecular complexity index is 4190. The molecule has 1 aliphatic carbocycles. The second-order valence-electron chi connectivity index (χ2n) is 18.1. The maximum absolute atomic E-state index is 7.14. The second kappa shape index (κ2) is 16.2. The minimum Gasteiger partial charge on any atom is -0.453 e. The Kier molecular flexibility index (Phi) is 9.20. The van der Waals surface area contributed by atoms with Crippen LogP contribution >= 0.6 is 0 Å². The van der Waals surface area contributed by atoms with Gasteiger partial charge in [0.25, 0.3) is 0 Å². The van der Waals surface area contributed by atoms with E-state index in [1.54, 1.807) is 0 Å². The van der Waals surface area contributed by atoms with Crippen molar-refractivity contribution in [3.63, 3.8) is 0 Å². The molecule has 0 N–H and O–H groups in total. The van der Waals surface area contributed by atoms with Crippen molar-refractivity contribution in [1.29, 1.82) is 0 Å². The third-order valence-electron chi connectivity index (χ3n) is 14.0. The van der Waals surface area contributed by atoms with Gasteiger partial charge < -0.3 is 13.6 Å². The van der Waals surface area contributed by atoms with Crippen LogP contribution in [-0.4, -0.2) is 19.1 Å². The zero-order chi connectivity index (χ0) is 46.1. The lowest BCUT2D eigenvalue weighted by molar-refractivity contribution is 0.667. The normalized spacial score (nSPS) is 12.5. The van der Waals surface area contributed by atoms with Crippen molar-refractivity contribution >= 4 is 66.3 Å². The van der Waals surface area contributed by atoms with E-state index in [9.17, 15) is 0 Å². The Morgan fingerprint density at radius 2 is 1.01 bits per heavy atom. The average Bonchev–Trinajstić information content (AvgIpc) is 4.02. The summed E-state index contributed by atoms with van der Waals surface area (Å²) in [7, 11) is 0. The van der Waals surface area contributed by atoms with Gasteiger partial charge in [0.15, 0.2) is 11.4 Å². The van der Waals surface area contributed by atoms with Crippen LogP contribution < -0.4 is 0 Å². The fraction of sp³-hybridized carbons (Fsp3) is 0.0154. The van der Waals surface area contributed by atoms with Crippen molar-refractivity contribution in [1.82, 2.24) is 19.1 Å². The Labute approximate surface area is 404 Å². The minimum absolute atomic E-state index is 0.669. The third-order valence-corrected chi connectivity index (χ3v) is 14.0. The van der Waals surface area contributed by atoms with Crippen molar-refractivity contribution in [2.24, 2.45) is 0 Å². The zero-order valence-corrected chi connectivity index (χ0v) is 38.0. The Balaban J connectivity index is 0.906. The second-order valence-corrected chi connectivity index (χ2v) is 18.1. The van der Waals surface area contributed by atoms with Gasteiger partial charge in [-0.1, -0.05) is 182 Å². The van der Waals surface area contributed by atoms with Crippen LogP contribution in [0.4, 0.5) is 0 Å². The summed E-state index contributed by atoms with van der Waals surface area (Å²) in [6, 6.07) is 79.5. The predicted molar refractivity (Wildman–Crippen MR) is 289 cm³/mol. The first kappa shape index (κ1) is 39.8. The number of hydrogen-bond acceptors (Lipinski definition) is 3. The molecular weight excluding hydrogens is 853 g/mol. The number of furan rings is 1. The van der Waals surface area contributed by atoms with Crippen LogP contribution in [0.1, 0.15) is 16.8 Å². The van der Waals surface area contributed by atoms with E-state index >= 15 is 0 Å². The van der Waals surface area contributed by atoms with E-state index in [4.69, 9.17) is 14.4 Å². The molecule has 13 aromatic rings.